The molecule has 0 aliphatic heterocycles. The van der Waals surface area contributed by atoms with Gasteiger partial charge < -0.3 is 4.74 Å². The highest BCUT2D eigenvalue weighted by atomic mass is 35.5. The second-order valence-electron chi connectivity index (χ2n) is 4.46. The summed E-state index contributed by atoms with van der Waals surface area (Å²) in [7, 11) is 1.39. The van der Waals surface area contributed by atoms with Crippen LogP contribution in [0.4, 0.5) is 16.2 Å². The van der Waals surface area contributed by atoms with Gasteiger partial charge in [-0.1, -0.05) is 48.0 Å². The third-order valence-electron chi connectivity index (χ3n) is 2.99. The van der Waals surface area contributed by atoms with Gasteiger partial charge >= 0.3 is 11.8 Å². The van der Waals surface area contributed by atoms with Gasteiger partial charge in [0, 0.05) is 7.05 Å². The standard InChI is InChI=1S/C15H13ClN2O4/c1-17(13-9-5-8-12(16)14(13)18(20)21)15(19)22-10-11-6-3-2-4-7-11/h2-9H,10H2,1H3. The van der Waals surface area contributed by atoms with Crippen LogP contribution in [0, 0.1) is 10.1 Å². The van der Waals surface area contributed by atoms with Gasteiger partial charge in [-0.2, -0.15) is 0 Å². The maximum Gasteiger partial charge on any atom is 0.414 e. The number of hydrogen-bond acceptors (Lipinski definition) is 4. The molecule has 2 aromatic carbocycles. The summed E-state index contributed by atoms with van der Waals surface area (Å²) in [6, 6.07) is 13.5. The number of rotatable bonds is 4. The Kier molecular flexibility index (Phi) is 4.95. The van der Waals surface area contributed by atoms with E-state index in [0.29, 0.717) is 0 Å². The van der Waals surface area contributed by atoms with Crippen LogP contribution in [0.1, 0.15) is 5.56 Å². The molecule has 6 nitrogen and oxygen atoms in total. The molecule has 0 saturated carbocycles. The van der Waals surface area contributed by atoms with Crippen LogP contribution >= 0.6 is 11.6 Å². The third-order valence-corrected chi connectivity index (χ3v) is 3.29. The number of nitro groups is 1. The minimum Gasteiger partial charge on any atom is -0.444 e. The predicted octanol–water partition coefficient (Wildman–Crippen LogP) is 4.02. The first-order chi connectivity index (χ1) is 10.5. The van der Waals surface area contributed by atoms with Crippen molar-refractivity contribution in [1.29, 1.82) is 0 Å². The Balaban J connectivity index is 2.14. The Morgan fingerprint density at radius 2 is 1.91 bits per heavy atom. The van der Waals surface area contributed by atoms with E-state index in [-0.39, 0.29) is 23.0 Å². The summed E-state index contributed by atoms with van der Waals surface area (Å²) in [6.45, 7) is 0.0817. The fourth-order valence-electron chi connectivity index (χ4n) is 1.87. The lowest BCUT2D eigenvalue weighted by atomic mass is 10.2. The Labute approximate surface area is 132 Å². The molecule has 1 amide bonds. The molecule has 0 fully saturated rings. The molecule has 2 aromatic rings. The van der Waals surface area contributed by atoms with E-state index in [9.17, 15) is 14.9 Å². The average molecular weight is 321 g/mol. The van der Waals surface area contributed by atoms with Crippen LogP contribution in [-0.4, -0.2) is 18.1 Å². The molecule has 114 valence electrons. The number of anilines is 1. The highest BCUT2D eigenvalue weighted by Gasteiger charge is 2.25. The van der Waals surface area contributed by atoms with Crippen molar-refractivity contribution in [2.45, 2.75) is 6.61 Å². The van der Waals surface area contributed by atoms with Gasteiger partial charge in [0.2, 0.25) is 0 Å². The van der Waals surface area contributed by atoms with Crippen molar-refractivity contribution in [2.75, 3.05) is 11.9 Å². The number of ether oxygens (including phenoxy) is 1. The maximum atomic E-state index is 12.0. The number of carbonyl (C=O) groups is 1. The number of para-hydroxylation sites is 1. The normalized spacial score (nSPS) is 10.1. The molecule has 0 atom stereocenters. The summed E-state index contributed by atoms with van der Waals surface area (Å²) in [5.74, 6) is 0. The Bertz CT molecular complexity index is 691. The van der Waals surface area contributed by atoms with Gasteiger partial charge in [0.05, 0.1) is 4.92 Å². The van der Waals surface area contributed by atoms with E-state index in [0.717, 1.165) is 10.5 Å². The molecule has 0 spiro atoms. The highest BCUT2D eigenvalue weighted by Crippen LogP contribution is 2.34. The summed E-state index contributed by atoms with van der Waals surface area (Å²) in [6.07, 6.45) is -0.700. The van der Waals surface area contributed by atoms with E-state index in [1.54, 1.807) is 0 Å². The minimum absolute atomic E-state index is 0.0368. The molecule has 0 radical (unpaired) electrons. The molecule has 0 bridgehead atoms. The van der Waals surface area contributed by atoms with E-state index in [1.165, 1.54) is 25.2 Å². The van der Waals surface area contributed by atoms with Crippen molar-refractivity contribution >= 4 is 29.1 Å². The van der Waals surface area contributed by atoms with Gasteiger partial charge in [0.25, 0.3) is 0 Å². The first-order valence-corrected chi connectivity index (χ1v) is 6.76. The first kappa shape index (κ1) is 15.8. The summed E-state index contributed by atoms with van der Waals surface area (Å²) in [5.41, 5.74) is 0.573. The lowest BCUT2D eigenvalue weighted by Gasteiger charge is -2.17. The first-order valence-electron chi connectivity index (χ1n) is 6.38. The monoisotopic (exact) mass is 320 g/mol. The number of carbonyl (C=O) groups excluding carboxylic acids is 1. The Morgan fingerprint density at radius 1 is 1.23 bits per heavy atom. The molecule has 0 heterocycles. The number of halogens is 1. The topological polar surface area (TPSA) is 72.7 Å². The van der Waals surface area contributed by atoms with E-state index >= 15 is 0 Å². The third kappa shape index (κ3) is 3.53. The molecule has 2 rings (SSSR count). The predicted molar refractivity (Wildman–Crippen MR) is 83.1 cm³/mol. The van der Waals surface area contributed by atoms with Crippen molar-refractivity contribution in [1.82, 2.24) is 0 Å². The quantitative estimate of drug-likeness (QED) is 0.630. The molecule has 0 aliphatic rings. The fraction of sp³-hybridized carbons (Fsp3) is 0.133. The minimum atomic E-state index is -0.700. The van der Waals surface area contributed by atoms with Gasteiger partial charge in [-0.05, 0) is 17.7 Å². The van der Waals surface area contributed by atoms with Crippen LogP contribution in [0.2, 0.25) is 5.02 Å². The molecule has 0 unspecified atom stereocenters. The van der Waals surface area contributed by atoms with Gasteiger partial charge in [-0.15, -0.1) is 0 Å². The van der Waals surface area contributed by atoms with Crippen LogP contribution in [-0.2, 0) is 11.3 Å². The molecule has 7 heteroatoms. The van der Waals surface area contributed by atoms with Gasteiger partial charge in [0.1, 0.15) is 17.3 Å². The molecule has 0 aromatic heterocycles. The zero-order valence-corrected chi connectivity index (χ0v) is 12.5. The van der Waals surface area contributed by atoms with Crippen molar-refractivity contribution < 1.29 is 14.5 Å². The summed E-state index contributed by atoms with van der Waals surface area (Å²) < 4.78 is 5.14. The Morgan fingerprint density at radius 3 is 2.55 bits per heavy atom. The molecular formula is C15H13ClN2O4. The number of nitrogens with zero attached hydrogens (tertiary/aromatic N) is 2. The Hall–Kier alpha value is -2.60. The average Bonchev–Trinajstić information content (AvgIpc) is 2.52. The molecular weight excluding hydrogens is 308 g/mol. The van der Waals surface area contributed by atoms with Gasteiger partial charge in [0.15, 0.2) is 0 Å². The van der Waals surface area contributed by atoms with Crippen molar-refractivity contribution in [3.05, 3.63) is 69.2 Å². The van der Waals surface area contributed by atoms with Crippen LogP contribution < -0.4 is 4.90 Å². The second-order valence-corrected chi connectivity index (χ2v) is 4.87. The van der Waals surface area contributed by atoms with E-state index < -0.39 is 11.0 Å². The molecule has 0 aliphatic carbocycles. The van der Waals surface area contributed by atoms with E-state index in [1.807, 2.05) is 30.3 Å². The number of benzene rings is 2. The number of hydrogen-bond donors (Lipinski definition) is 0. The largest absolute Gasteiger partial charge is 0.444 e. The van der Waals surface area contributed by atoms with Crippen LogP contribution in [0.3, 0.4) is 0 Å². The van der Waals surface area contributed by atoms with Crippen LogP contribution in [0.15, 0.2) is 48.5 Å². The molecule has 0 saturated heterocycles. The van der Waals surface area contributed by atoms with Gasteiger partial charge in [-0.3, -0.25) is 15.0 Å². The summed E-state index contributed by atoms with van der Waals surface area (Å²) >= 11 is 5.83. The molecule has 22 heavy (non-hydrogen) atoms. The zero-order valence-electron chi connectivity index (χ0n) is 11.7. The van der Waals surface area contributed by atoms with Gasteiger partial charge in [-0.25, -0.2) is 4.79 Å². The van der Waals surface area contributed by atoms with Crippen LogP contribution in [0.5, 0.6) is 0 Å². The SMILES string of the molecule is CN(C(=O)OCc1ccccc1)c1cccc(Cl)c1[N+](=O)[O-]. The smallest absolute Gasteiger partial charge is 0.414 e. The highest BCUT2D eigenvalue weighted by molar-refractivity contribution is 6.33. The number of amides is 1. The van der Waals surface area contributed by atoms with Crippen molar-refractivity contribution in [3.63, 3.8) is 0 Å². The van der Waals surface area contributed by atoms with Crippen LogP contribution in [0.25, 0.3) is 0 Å². The van der Waals surface area contributed by atoms with E-state index in [2.05, 4.69) is 0 Å². The number of nitro benzene ring substituents is 1. The van der Waals surface area contributed by atoms with E-state index in [4.69, 9.17) is 16.3 Å². The molecule has 0 N–H and O–H groups in total. The zero-order chi connectivity index (χ0) is 16.1. The lowest BCUT2D eigenvalue weighted by molar-refractivity contribution is -0.383. The van der Waals surface area contributed by atoms with Crippen molar-refractivity contribution in [2.24, 2.45) is 0 Å². The lowest BCUT2D eigenvalue weighted by Crippen LogP contribution is -2.27. The van der Waals surface area contributed by atoms with Crippen molar-refractivity contribution in [3.8, 4) is 0 Å². The summed E-state index contributed by atoms with van der Waals surface area (Å²) in [5, 5.41) is 11.1. The fourth-order valence-corrected chi connectivity index (χ4v) is 2.11. The summed E-state index contributed by atoms with van der Waals surface area (Å²) in [4.78, 5) is 23.6. The second kappa shape index (κ2) is 6.91. The maximum absolute atomic E-state index is 12.0.